The van der Waals surface area contributed by atoms with Gasteiger partial charge in [0.15, 0.2) is 5.96 Å². The van der Waals surface area contributed by atoms with E-state index in [1.54, 1.807) is 7.05 Å². The van der Waals surface area contributed by atoms with E-state index in [2.05, 4.69) is 70.8 Å². The topological polar surface area (TPSA) is 65.7 Å². The highest BCUT2D eigenvalue weighted by Gasteiger charge is 2.13. The molecule has 7 heteroatoms. The van der Waals surface area contributed by atoms with Crippen LogP contribution in [0.5, 0.6) is 0 Å². The normalized spacial score (nSPS) is 11.0. The fourth-order valence-corrected chi connectivity index (χ4v) is 2.68. The highest BCUT2D eigenvalue weighted by molar-refractivity contribution is 14.0. The Morgan fingerprint density at radius 3 is 2.50 bits per heavy atom. The van der Waals surface area contributed by atoms with Gasteiger partial charge in [-0.25, -0.2) is 0 Å². The molecule has 1 aromatic heterocycles. The summed E-state index contributed by atoms with van der Waals surface area (Å²) < 4.78 is 5.41. The van der Waals surface area contributed by atoms with Gasteiger partial charge in [-0.15, -0.1) is 24.0 Å². The molecule has 0 spiro atoms. The first kappa shape index (κ1) is 22.3. The summed E-state index contributed by atoms with van der Waals surface area (Å²) in [6.45, 7) is 6.53. The Kier molecular flexibility index (Phi) is 10.1. The monoisotopic (exact) mass is 471 g/mol. The van der Waals surface area contributed by atoms with Crippen molar-refractivity contribution in [2.24, 2.45) is 4.99 Å². The Bertz CT molecular complexity index is 650. The van der Waals surface area contributed by atoms with E-state index in [0.29, 0.717) is 6.54 Å². The lowest BCUT2D eigenvalue weighted by atomic mass is 10.1. The molecule has 2 rings (SSSR count). The molecule has 2 aromatic rings. The summed E-state index contributed by atoms with van der Waals surface area (Å²) in [4.78, 5) is 6.51. The van der Waals surface area contributed by atoms with Crippen LogP contribution in [0.25, 0.3) is 0 Å². The zero-order chi connectivity index (χ0) is 18.1. The van der Waals surface area contributed by atoms with E-state index >= 15 is 0 Å². The van der Waals surface area contributed by atoms with Gasteiger partial charge in [0, 0.05) is 51.4 Å². The largest absolute Gasteiger partial charge is 0.373 e. The Balaban J connectivity index is 0.00000338. The molecule has 0 aliphatic heterocycles. The van der Waals surface area contributed by atoms with Crippen molar-refractivity contribution in [3.05, 3.63) is 47.3 Å². The van der Waals surface area contributed by atoms with Crippen molar-refractivity contribution < 1.29 is 4.52 Å². The van der Waals surface area contributed by atoms with Gasteiger partial charge in [-0.2, -0.15) is 0 Å². The van der Waals surface area contributed by atoms with Crippen LogP contribution in [0, 0.1) is 0 Å². The number of nitrogens with one attached hydrogen (secondary N) is 2. The van der Waals surface area contributed by atoms with Crippen LogP contribution >= 0.6 is 24.0 Å². The maximum Gasteiger partial charge on any atom is 0.191 e. The van der Waals surface area contributed by atoms with Crippen LogP contribution in [0.1, 0.15) is 30.9 Å². The zero-order valence-electron chi connectivity index (χ0n) is 16.1. The average Bonchev–Trinajstić information content (AvgIpc) is 3.07. The van der Waals surface area contributed by atoms with Gasteiger partial charge in [0.25, 0.3) is 0 Å². The van der Waals surface area contributed by atoms with Crippen LogP contribution < -0.4 is 15.5 Å². The number of halogens is 1. The first-order chi connectivity index (χ1) is 12.2. The van der Waals surface area contributed by atoms with Gasteiger partial charge < -0.3 is 20.1 Å². The first-order valence-corrected chi connectivity index (χ1v) is 8.86. The Morgan fingerprint density at radius 2 is 1.88 bits per heavy atom. The lowest BCUT2D eigenvalue weighted by Gasteiger charge is -2.20. The van der Waals surface area contributed by atoms with Crippen molar-refractivity contribution in [1.29, 1.82) is 0 Å². The van der Waals surface area contributed by atoms with Crippen LogP contribution in [-0.2, 0) is 19.4 Å². The second-order valence-corrected chi connectivity index (χ2v) is 5.85. The lowest BCUT2D eigenvalue weighted by Crippen LogP contribution is -2.40. The fraction of sp³-hybridized carbons (Fsp3) is 0.474. The molecule has 0 aliphatic rings. The maximum absolute atomic E-state index is 5.41. The number of anilines is 1. The number of hydrogen-bond acceptors (Lipinski definition) is 4. The number of rotatable bonds is 8. The summed E-state index contributed by atoms with van der Waals surface area (Å²) in [7, 11) is 3.87. The van der Waals surface area contributed by atoms with Gasteiger partial charge in [-0.1, -0.05) is 37.2 Å². The summed E-state index contributed by atoms with van der Waals surface area (Å²) in [5.41, 5.74) is 3.37. The van der Waals surface area contributed by atoms with Gasteiger partial charge in [0.05, 0.1) is 5.69 Å². The van der Waals surface area contributed by atoms with Gasteiger partial charge in [0.2, 0.25) is 0 Å². The first-order valence-electron chi connectivity index (χ1n) is 8.86. The average molecular weight is 471 g/mol. The number of aliphatic imine (C=N–C) groups is 1. The predicted molar refractivity (Wildman–Crippen MR) is 119 cm³/mol. The number of aryl methyl sites for hydroxylation is 2. The Morgan fingerprint density at radius 1 is 1.15 bits per heavy atom. The van der Waals surface area contributed by atoms with Crippen molar-refractivity contribution in [3.63, 3.8) is 0 Å². The second-order valence-electron chi connectivity index (χ2n) is 5.85. The standard InChI is InChI=1S/C19H29N5O.HI/c1-5-17-16(18(6-2)25-23-17)14-22-19(20-3)21-12-13-24(4)15-10-8-7-9-11-15;/h7-11H,5-6,12-14H2,1-4H3,(H2,20,21,22);1H. The third kappa shape index (κ3) is 6.19. The molecule has 1 aromatic carbocycles. The van der Waals surface area contributed by atoms with Gasteiger partial charge in [-0.3, -0.25) is 4.99 Å². The number of nitrogens with zero attached hydrogens (tertiary/aromatic N) is 3. The summed E-state index contributed by atoms with van der Waals surface area (Å²) >= 11 is 0. The summed E-state index contributed by atoms with van der Waals surface area (Å²) in [5, 5.41) is 10.9. The number of likely N-dealkylation sites (N-methyl/N-ethyl adjacent to an activating group) is 1. The molecule has 2 N–H and O–H groups in total. The van der Waals surface area contributed by atoms with Crippen molar-refractivity contribution in [1.82, 2.24) is 15.8 Å². The minimum atomic E-state index is 0. The summed E-state index contributed by atoms with van der Waals surface area (Å²) in [6.07, 6.45) is 1.71. The molecular formula is C19H30IN5O. The van der Waals surface area contributed by atoms with E-state index in [0.717, 1.165) is 48.9 Å². The summed E-state index contributed by atoms with van der Waals surface area (Å²) in [6, 6.07) is 10.3. The molecule has 6 nitrogen and oxygen atoms in total. The van der Waals surface area contributed by atoms with E-state index < -0.39 is 0 Å². The van der Waals surface area contributed by atoms with Gasteiger partial charge in [0.1, 0.15) is 5.76 Å². The van der Waals surface area contributed by atoms with Crippen LogP contribution in [0.2, 0.25) is 0 Å². The molecule has 0 amide bonds. The molecular weight excluding hydrogens is 441 g/mol. The molecule has 0 radical (unpaired) electrons. The number of aromatic nitrogens is 1. The third-order valence-corrected chi connectivity index (χ3v) is 4.20. The molecule has 0 bridgehead atoms. The van der Waals surface area contributed by atoms with Crippen LogP contribution in [0.4, 0.5) is 5.69 Å². The van der Waals surface area contributed by atoms with E-state index in [4.69, 9.17) is 4.52 Å². The van der Waals surface area contributed by atoms with Crippen molar-refractivity contribution in [2.45, 2.75) is 33.2 Å². The van der Waals surface area contributed by atoms with Crippen molar-refractivity contribution in [2.75, 3.05) is 32.1 Å². The zero-order valence-corrected chi connectivity index (χ0v) is 18.4. The smallest absolute Gasteiger partial charge is 0.191 e. The molecule has 0 aliphatic carbocycles. The molecule has 0 unspecified atom stereocenters. The van der Waals surface area contributed by atoms with Crippen LogP contribution in [-0.4, -0.2) is 38.3 Å². The summed E-state index contributed by atoms with van der Waals surface area (Å²) in [5.74, 6) is 1.73. The number of hydrogen-bond donors (Lipinski definition) is 2. The van der Waals surface area contributed by atoms with E-state index in [9.17, 15) is 0 Å². The number of guanidine groups is 1. The second kappa shape index (κ2) is 11.8. The molecule has 1 heterocycles. The number of para-hydroxylation sites is 1. The van der Waals surface area contributed by atoms with Crippen LogP contribution in [0.3, 0.4) is 0 Å². The Labute approximate surface area is 173 Å². The van der Waals surface area contributed by atoms with Gasteiger partial charge >= 0.3 is 0 Å². The van der Waals surface area contributed by atoms with Crippen LogP contribution in [0.15, 0.2) is 39.8 Å². The minimum Gasteiger partial charge on any atom is -0.373 e. The van der Waals surface area contributed by atoms with Crippen molar-refractivity contribution >= 4 is 35.6 Å². The Hall–Kier alpha value is -1.77. The van der Waals surface area contributed by atoms with E-state index in [1.165, 1.54) is 5.69 Å². The van der Waals surface area contributed by atoms with E-state index in [-0.39, 0.29) is 24.0 Å². The van der Waals surface area contributed by atoms with Crippen molar-refractivity contribution in [3.8, 4) is 0 Å². The predicted octanol–water partition coefficient (Wildman–Crippen LogP) is 3.22. The maximum atomic E-state index is 5.41. The highest BCUT2D eigenvalue weighted by atomic mass is 127. The molecule has 0 saturated carbocycles. The highest BCUT2D eigenvalue weighted by Crippen LogP contribution is 2.15. The molecule has 26 heavy (non-hydrogen) atoms. The molecule has 144 valence electrons. The van der Waals surface area contributed by atoms with Gasteiger partial charge in [-0.05, 0) is 18.6 Å². The SMILES string of the molecule is CCc1noc(CC)c1CNC(=NC)NCCN(C)c1ccccc1.I. The quantitative estimate of drug-likeness (QED) is 0.352. The third-order valence-electron chi connectivity index (χ3n) is 4.20. The molecule has 0 saturated heterocycles. The minimum absolute atomic E-state index is 0. The molecule has 0 fully saturated rings. The number of benzene rings is 1. The molecule has 0 atom stereocenters. The lowest BCUT2D eigenvalue weighted by molar-refractivity contribution is 0.380. The van der Waals surface area contributed by atoms with E-state index in [1.807, 2.05) is 6.07 Å². The fourth-order valence-electron chi connectivity index (χ4n) is 2.68.